The van der Waals surface area contributed by atoms with E-state index in [1.807, 2.05) is 0 Å². The second-order valence-corrected chi connectivity index (χ2v) is 15.0. The van der Waals surface area contributed by atoms with Crippen LogP contribution in [0, 0.1) is 0 Å². The summed E-state index contributed by atoms with van der Waals surface area (Å²) in [5, 5.41) is 12.1. The van der Waals surface area contributed by atoms with Gasteiger partial charge in [-0.25, -0.2) is 0 Å². The van der Waals surface area contributed by atoms with Crippen molar-refractivity contribution in [3.63, 3.8) is 0 Å². The van der Waals surface area contributed by atoms with Crippen molar-refractivity contribution in [2.45, 2.75) is 0 Å². The van der Waals surface area contributed by atoms with Crippen molar-refractivity contribution in [3.05, 3.63) is 212 Å². The number of nitrogens with zero attached hydrogens (tertiary/aromatic N) is 3. The van der Waals surface area contributed by atoms with E-state index < -0.39 is 0 Å². The monoisotopic (exact) mass is 725 g/mol. The van der Waals surface area contributed by atoms with Crippen molar-refractivity contribution in [1.29, 1.82) is 0 Å². The molecule has 0 atom stereocenters. The average molecular weight is 726 g/mol. The molecule has 0 N–H and O–H groups in total. The smallest absolute Gasteiger partial charge is 0.0562 e. The minimum atomic E-state index is 1.10. The molecule has 0 saturated carbocycles. The molecule has 0 aliphatic rings. The van der Waals surface area contributed by atoms with Gasteiger partial charge >= 0.3 is 0 Å². The number of hydrogen-bond donors (Lipinski definition) is 0. The van der Waals surface area contributed by atoms with Gasteiger partial charge in [-0.3, -0.25) is 0 Å². The Bertz CT molecular complexity index is 3640. The fourth-order valence-corrected chi connectivity index (χ4v) is 9.18. The van der Waals surface area contributed by atoms with E-state index in [0.29, 0.717) is 0 Å². The third kappa shape index (κ3) is 4.99. The molecule has 8 bridgehead atoms. The molecule has 3 nitrogen and oxygen atoms in total. The normalized spacial score (nSPS) is 11.9. The van der Waals surface area contributed by atoms with Gasteiger partial charge in [0.15, 0.2) is 0 Å². The predicted molar refractivity (Wildman–Crippen MR) is 242 cm³/mol. The number of aromatic nitrogens is 3. The van der Waals surface area contributed by atoms with Gasteiger partial charge < -0.3 is 13.7 Å². The molecule has 266 valence electrons. The Balaban J connectivity index is 1.26. The molecule has 0 aliphatic heterocycles. The molecule has 10 aromatic carbocycles. The van der Waals surface area contributed by atoms with Crippen LogP contribution >= 0.6 is 0 Å². The van der Waals surface area contributed by atoms with Gasteiger partial charge in [-0.1, -0.05) is 121 Å². The van der Waals surface area contributed by atoms with Gasteiger partial charge in [0, 0.05) is 44.2 Å². The lowest BCUT2D eigenvalue weighted by Gasteiger charge is -2.16. The van der Waals surface area contributed by atoms with Crippen LogP contribution in [0.5, 0.6) is 0 Å². The maximum absolute atomic E-state index is 2.47. The summed E-state index contributed by atoms with van der Waals surface area (Å²) >= 11 is 0. The van der Waals surface area contributed by atoms with Crippen LogP contribution in [0.15, 0.2) is 212 Å². The summed E-state index contributed by atoms with van der Waals surface area (Å²) < 4.78 is 7.27. The number of para-hydroxylation sites is 2. The van der Waals surface area contributed by atoms with Gasteiger partial charge in [0.25, 0.3) is 0 Å². The zero-order chi connectivity index (χ0) is 37.5. The fourth-order valence-electron chi connectivity index (χ4n) is 9.18. The highest BCUT2D eigenvalue weighted by molar-refractivity contribution is 6.14. The van der Waals surface area contributed by atoms with E-state index in [-0.39, 0.29) is 0 Å². The fraction of sp³-hybridized carbons (Fsp3) is 0. The molecular formula is C54H35N3. The van der Waals surface area contributed by atoms with Crippen molar-refractivity contribution in [3.8, 4) is 17.1 Å². The van der Waals surface area contributed by atoms with Gasteiger partial charge in [0.2, 0.25) is 0 Å². The maximum atomic E-state index is 2.47. The Morgan fingerprint density at radius 1 is 0.246 bits per heavy atom. The number of benzene rings is 10. The van der Waals surface area contributed by atoms with E-state index >= 15 is 0 Å². The third-order valence-electron chi connectivity index (χ3n) is 11.8. The first-order chi connectivity index (χ1) is 28.2. The van der Waals surface area contributed by atoms with Crippen LogP contribution in [0.3, 0.4) is 0 Å². The second-order valence-electron chi connectivity index (χ2n) is 15.0. The second kappa shape index (κ2) is 12.5. The summed E-state index contributed by atoms with van der Waals surface area (Å²) in [7, 11) is 0. The molecule has 2 heterocycles. The van der Waals surface area contributed by atoms with E-state index in [1.54, 1.807) is 0 Å². The molecule has 0 aliphatic carbocycles. The van der Waals surface area contributed by atoms with E-state index in [1.165, 1.54) is 54.1 Å². The summed E-state index contributed by atoms with van der Waals surface area (Å²) in [5.41, 5.74) is 10.2. The number of rotatable bonds is 3. The third-order valence-corrected chi connectivity index (χ3v) is 11.8. The van der Waals surface area contributed by atoms with Gasteiger partial charge in [0.05, 0.1) is 16.7 Å². The van der Waals surface area contributed by atoms with Crippen molar-refractivity contribution >= 4 is 87.0 Å². The van der Waals surface area contributed by atoms with Crippen LogP contribution in [-0.4, -0.2) is 13.7 Å². The summed E-state index contributed by atoms with van der Waals surface area (Å²) in [6.07, 6.45) is 0. The van der Waals surface area contributed by atoms with Crippen LogP contribution < -0.4 is 0 Å². The van der Waals surface area contributed by atoms with Crippen molar-refractivity contribution in [1.82, 2.24) is 13.7 Å². The predicted octanol–water partition coefficient (Wildman–Crippen LogP) is 14.4. The first-order valence-electron chi connectivity index (χ1n) is 19.6. The van der Waals surface area contributed by atoms with Gasteiger partial charge in [-0.2, -0.15) is 0 Å². The van der Waals surface area contributed by atoms with E-state index in [9.17, 15) is 0 Å². The van der Waals surface area contributed by atoms with Crippen molar-refractivity contribution < 1.29 is 0 Å². The van der Waals surface area contributed by atoms with Gasteiger partial charge in [-0.15, -0.1) is 0 Å². The minimum Gasteiger partial charge on any atom is -0.310 e. The molecule has 12 rings (SSSR count). The topological polar surface area (TPSA) is 14.8 Å². The lowest BCUT2D eigenvalue weighted by Crippen LogP contribution is -1.99. The molecule has 2 aromatic heterocycles. The Labute approximate surface area is 328 Å². The highest BCUT2D eigenvalue weighted by atomic mass is 15.0. The Morgan fingerprint density at radius 3 is 1.53 bits per heavy atom. The summed E-state index contributed by atoms with van der Waals surface area (Å²) in [6.45, 7) is 0. The largest absolute Gasteiger partial charge is 0.310 e. The van der Waals surface area contributed by atoms with E-state index in [4.69, 9.17) is 0 Å². The Hall–Kier alpha value is -7.62. The molecule has 0 amide bonds. The molecule has 3 heteroatoms. The van der Waals surface area contributed by atoms with Gasteiger partial charge in [-0.05, 0) is 134 Å². The number of hydrogen-bond acceptors (Lipinski definition) is 0. The van der Waals surface area contributed by atoms with E-state index in [0.717, 1.165) is 49.9 Å². The summed E-state index contributed by atoms with van der Waals surface area (Å²) in [5.74, 6) is 0. The Kier molecular flexibility index (Phi) is 6.93. The molecule has 0 saturated heterocycles. The van der Waals surface area contributed by atoms with Crippen molar-refractivity contribution in [2.75, 3.05) is 0 Å². The standard InChI is InChI=1S/C54H35N3/c1-2-15-42(16-3-1)57-51-20-7-6-19-48(51)54-52(21-10-22-53(54)57)56-44-18-9-14-41(33-44)40-13-8-17-43(32-40)55(45-28-25-36-11-4-5-12-39(36)31-45)46-29-26-37-23-24-38-27-30-47(56)35-50(38)49(37)34-46/h1-35H. The maximum Gasteiger partial charge on any atom is 0.0562 e. The van der Waals surface area contributed by atoms with Crippen LogP contribution in [0.25, 0.3) is 104 Å². The highest BCUT2D eigenvalue weighted by Crippen LogP contribution is 2.38. The average Bonchev–Trinajstić information content (AvgIpc) is 3.62. The highest BCUT2D eigenvalue weighted by Gasteiger charge is 2.17. The molecular weight excluding hydrogens is 691 g/mol. The molecule has 0 unspecified atom stereocenters. The Morgan fingerprint density at radius 2 is 0.772 bits per heavy atom. The van der Waals surface area contributed by atoms with Crippen LogP contribution in [0.1, 0.15) is 0 Å². The SMILES string of the molecule is c1ccc(-n2c3ccccc3c3c(-n4c5cccc(c5)c5cccc(c5)n(-c5ccc6ccccc6c5)c5ccc6ccc7ccc4cc7c6c5)cccc32)cc1. The first kappa shape index (κ1) is 31.7. The lowest BCUT2D eigenvalue weighted by molar-refractivity contribution is 1.16. The zero-order valence-corrected chi connectivity index (χ0v) is 31.0. The minimum absolute atomic E-state index is 1.10. The quantitative estimate of drug-likeness (QED) is 0.161. The molecule has 12 aromatic rings. The zero-order valence-electron chi connectivity index (χ0n) is 31.0. The summed E-state index contributed by atoms with van der Waals surface area (Å²) in [6, 6.07) is 78.1. The van der Waals surface area contributed by atoms with Crippen LogP contribution in [0.2, 0.25) is 0 Å². The van der Waals surface area contributed by atoms with Crippen LogP contribution in [0.4, 0.5) is 0 Å². The molecule has 57 heavy (non-hydrogen) atoms. The van der Waals surface area contributed by atoms with Crippen molar-refractivity contribution in [2.24, 2.45) is 0 Å². The van der Waals surface area contributed by atoms with Crippen LogP contribution in [-0.2, 0) is 0 Å². The lowest BCUT2D eigenvalue weighted by atomic mass is 10.0. The molecule has 0 radical (unpaired) electrons. The molecule has 0 fully saturated rings. The summed E-state index contributed by atoms with van der Waals surface area (Å²) in [4.78, 5) is 0. The van der Waals surface area contributed by atoms with Gasteiger partial charge in [0.1, 0.15) is 0 Å². The molecule has 0 spiro atoms. The number of fused-ring (bicyclic) bond motifs is 11. The van der Waals surface area contributed by atoms with E-state index in [2.05, 4.69) is 226 Å². The first-order valence-corrected chi connectivity index (χ1v) is 19.6.